The Morgan fingerprint density at radius 2 is 1.20 bits per heavy atom. The number of pyridine rings is 2. The van der Waals surface area contributed by atoms with Crippen LogP contribution >= 0.6 is 0 Å². The van der Waals surface area contributed by atoms with Crippen molar-refractivity contribution in [2.45, 2.75) is 38.5 Å². The molecule has 4 aromatic carbocycles. The molecular formula is C48H44F2N6O4. The molecule has 0 bridgehead atoms. The number of aromatic nitrogens is 2. The number of likely N-dealkylation sites (tertiary alicyclic amines) is 2. The van der Waals surface area contributed by atoms with E-state index in [0.29, 0.717) is 76.2 Å². The zero-order valence-corrected chi connectivity index (χ0v) is 33.1. The third kappa shape index (κ3) is 10.2. The largest absolute Gasteiger partial charge is 0.484 e. The van der Waals surface area contributed by atoms with Crippen LogP contribution in [0.1, 0.15) is 36.8 Å². The quantitative estimate of drug-likeness (QED) is 0.135. The lowest BCUT2D eigenvalue weighted by Gasteiger charge is -2.37. The van der Waals surface area contributed by atoms with Crippen LogP contribution in [-0.2, 0) is 22.4 Å². The highest BCUT2D eigenvalue weighted by Gasteiger charge is 2.37. The Balaban J connectivity index is 0.000000181. The Labute approximate surface area is 347 Å². The number of para-hydroxylation sites is 1. The number of nitriles is 2. The molecule has 0 spiro atoms. The molecule has 4 heterocycles. The fourth-order valence-electron chi connectivity index (χ4n) is 7.83. The minimum atomic E-state index is -0.531. The van der Waals surface area contributed by atoms with Crippen molar-refractivity contribution in [1.29, 1.82) is 10.5 Å². The van der Waals surface area contributed by atoms with Gasteiger partial charge in [0.1, 0.15) is 23.1 Å². The molecule has 0 saturated carbocycles. The second kappa shape index (κ2) is 18.8. The fraction of sp³-hybridized carbons (Fsp3) is 0.292. The number of halogens is 2. The molecule has 2 aliphatic rings. The van der Waals surface area contributed by atoms with Crippen LogP contribution in [-0.4, -0.2) is 71.0 Å². The average molecular weight is 807 g/mol. The van der Waals surface area contributed by atoms with E-state index in [9.17, 15) is 28.9 Å². The number of rotatable bonds is 10. The van der Waals surface area contributed by atoms with Crippen molar-refractivity contribution < 1.29 is 27.8 Å². The molecule has 2 aliphatic heterocycles. The predicted molar refractivity (Wildman–Crippen MR) is 222 cm³/mol. The molecule has 304 valence electrons. The summed E-state index contributed by atoms with van der Waals surface area (Å²) in [7, 11) is 0. The zero-order chi connectivity index (χ0) is 42.0. The number of ether oxygens (including phenoxy) is 2. The maximum Gasteiger partial charge on any atom is 0.260 e. The van der Waals surface area contributed by atoms with Crippen LogP contribution in [0.15, 0.2) is 122 Å². The molecule has 0 aliphatic carbocycles. The lowest BCUT2D eigenvalue weighted by atomic mass is 9.75. The van der Waals surface area contributed by atoms with E-state index in [-0.39, 0.29) is 36.7 Å². The van der Waals surface area contributed by atoms with Crippen molar-refractivity contribution in [3.63, 3.8) is 0 Å². The van der Waals surface area contributed by atoms with Gasteiger partial charge in [0.25, 0.3) is 11.8 Å². The Hall–Kier alpha value is -6.92. The Kier molecular flexibility index (Phi) is 12.9. The molecule has 0 N–H and O–H groups in total. The summed E-state index contributed by atoms with van der Waals surface area (Å²) in [6.45, 7) is 1.95. The molecule has 0 atom stereocenters. The molecule has 8 rings (SSSR count). The van der Waals surface area contributed by atoms with Gasteiger partial charge in [-0.2, -0.15) is 10.5 Å². The summed E-state index contributed by atoms with van der Waals surface area (Å²) in [5.74, 6) is 0.510. The third-order valence-electron chi connectivity index (χ3n) is 11.5. The van der Waals surface area contributed by atoms with Crippen LogP contribution in [0.4, 0.5) is 8.78 Å². The SMILES string of the molecule is N#CC1(Cc2ccc(F)cc2)CCN(C(=O)COc2ccc3ccncc3c2)CC1.N#CC1(Cc2ccc(F)cc2)CCN(C(=O)COc2ccnc3ccccc23)CC1. The fourth-order valence-corrected chi connectivity index (χ4v) is 7.83. The first-order valence-electron chi connectivity index (χ1n) is 20.0. The highest BCUT2D eigenvalue weighted by molar-refractivity contribution is 5.86. The minimum absolute atomic E-state index is 0.0384. The molecule has 6 aromatic rings. The predicted octanol–water partition coefficient (Wildman–Crippen LogP) is 8.26. The van der Waals surface area contributed by atoms with Crippen LogP contribution in [0, 0.1) is 45.1 Å². The normalized spacial score (nSPS) is 15.5. The number of carbonyl (C=O) groups excluding carboxylic acids is 2. The van der Waals surface area contributed by atoms with E-state index >= 15 is 0 Å². The van der Waals surface area contributed by atoms with E-state index < -0.39 is 10.8 Å². The summed E-state index contributed by atoms with van der Waals surface area (Å²) in [6, 6.07) is 34.4. The third-order valence-corrected chi connectivity index (χ3v) is 11.5. The van der Waals surface area contributed by atoms with Gasteiger partial charge in [0.2, 0.25) is 0 Å². The number of amides is 2. The van der Waals surface area contributed by atoms with Gasteiger partial charge in [0.15, 0.2) is 13.2 Å². The van der Waals surface area contributed by atoms with E-state index in [4.69, 9.17) is 9.47 Å². The molecule has 60 heavy (non-hydrogen) atoms. The van der Waals surface area contributed by atoms with Crippen molar-refractivity contribution in [1.82, 2.24) is 19.8 Å². The number of nitrogens with zero attached hydrogens (tertiary/aromatic N) is 6. The highest BCUT2D eigenvalue weighted by Crippen LogP contribution is 2.36. The first kappa shape index (κ1) is 41.2. The minimum Gasteiger partial charge on any atom is -0.484 e. The van der Waals surface area contributed by atoms with Crippen molar-refractivity contribution in [3.05, 3.63) is 144 Å². The Morgan fingerprint density at radius 3 is 1.77 bits per heavy atom. The van der Waals surface area contributed by atoms with Gasteiger partial charge in [-0.15, -0.1) is 0 Å². The number of benzene rings is 4. The van der Waals surface area contributed by atoms with Gasteiger partial charge in [-0.05, 0) is 116 Å². The molecular weight excluding hydrogens is 763 g/mol. The average Bonchev–Trinajstić information content (AvgIpc) is 3.29. The van der Waals surface area contributed by atoms with Crippen LogP contribution in [0.3, 0.4) is 0 Å². The van der Waals surface area contributed by atoms with E-state index in [1.54, 1.807) is 58.7 Å². The summed E-state index contributed by atoms with van der Waals surface area (Å²) in [6.07, 6.45) is 8.65. The maximum atomic E-state index is 13.1. The highest BCUT2D eigenvalue weighted by atomic mass is 19.1. The van der Waals surface area contributed by atoms with Crippen LogP contribution in [0.2, 0.25) is 0 Å². The number of hydrogen-bond donors (Lipinski definition) is 0. The van der Waals surface area contributed by atoms with E-state index in [1.807, 2.05) is 48.5 Å². The van der Waals surface area contributed by atoms with Crippen LogP contribution in [0.5, 0.6) is 11.5 Å². The van der Waals surface area contributed by atoms with E-state index in [1.165, 1.54) is 24.3 Å². The monoisotopic (exact) mass is 806 g/mol. The van der Waals surface area contributed by atoms with Crippen molar-refractivity contribution in [3.8, 4) is 23.6 Å². The standard InChI is InChI=1S/2C24H22FN3O2/c25-21-4-1-18(2-5-21)14-24(17-26)8-11-28(12-9-24)23(29)16-30-22-6-3-19-7-10-27-15-20(19)13-22;25-19-7-5-18(6-8-19)15-24(17-26)10-13-28(14-11-24)23(29)16-30-22-9-12-27-21-4-2-1-3-20(21)22/h1-7,10,13,15H,8-9,11-12,14,16H2;1-9,12H,10-11,13-16H2. The van der Waals surface area contributed by atoms with Crippen molar-refractivity contribution >= 4 is 33.5 Å². The lowest BCUT2D eigenvalue weighted by Crippen LogP contribution is -2.45. The first-order valence-corrected chi connectivity index (χ1v) is 20.0. The van der Waals surface area contributed by atoms with E-state index in [0.717, 1.165) is 32.8 Å². The maximum absolute atomic E-state index is 13.1. The smallest absolute Gasteiger partial charge is 0.260 e. The van der Waals surface area contributed by atoms with Gasteiger partial charge in [-0.3, -0.25) is 19.6 Å². The molecule has 2 fully saturated rings. The summed E-state index contributed by atoms with van der Waals surface area (Å²) in [5, 5.41) is 22.4. The second-order valence-corrected chi connectivity index (χ2v) is 15.4. The van der Waals surface area contributed by atoms with Gasteiger partial charge in [0, 0.05) is 55.5 Å². The van der Waals surface area contributed by atoms with Gasteiger partial charge in [-0.1, -0.05) is 42.5 Å². The second-order valence-electron chi connectivity index (χ2n) is 15.4. The molecule has 10 nitrogen and oxygen atoms in total. The van der Waals surface area contributed by atoms with Crippen LogP contribution in [0.25, 0.3) is 21.7 Å². The number of hydrogen-bond acceptors (Lipinski definition) is 8. The Bertz CT molecular complexity index is 2510. The molecule has 0 radical (unpaired) electrons. The zero-order valence-electron chi connectivity index (χ0n) is 33.1. The molecule has 2 saturated heterocycles. The van der Waals surface area contributed by atoms with Gasteiger partial charge in [-0.25, -0.2) is 8.78 Å². The lowest BCUT2D eigenvalue weighted by molar-refractivity contribution is -0.136. The first-order chi connectivity index (χ1) is 29.1. The van der Waals surface area contributed by atoms with Crippen molar-refractivity contribution in [2.75, 3.05) is 39.4 Å². The summed E-state index contributed by atoms with van der Waals surface area (Å²) >= 11 is 0. The topological polar surface area (TPSA) is 132 Å². The number of piperidine rings is 2. The van der Waals surface area contributed by atoms with Crippen LogP contribution < -0.4 is 9.47 Å². The van der Waals surface area contributed by atoms with Gasteiger partial charge < -0.3 is 19.3 Å². The van der Waals surface area contributed by atoms with Gasteiger partial charge in [0.05, 0.1) is 28.5 Å². The summed E-state index contributed by atoms with van der Waals surface area (Å²) < 4.78 is 37.8. The summed E-state index contributed by atoms with van der Waals surface area (Å²) in [5.41, 5.74) is 1.63. The van der Waals surface area contributed by atoms with Gasteiger partial charge >= 0.3 is 0 Å². The molecule has 2 aromatic heterocycles. The van der Waals surface area contributed by atoms with E-state index in [2.05, 4.69) is 22.1 Å². The molecule has 2 amide bonds. The molecule has 0 unspecified atom stereocenters. The number of carbonyl (C=O) groups is 2. The number of fused-ring (bicyclic) bond motifs is 2. The Morgan fingerprint density at radius 1 is 0.650 bits per heavy atom. The molecule has 12 heteroatoms. The summed E-state index contributed by atoms with van der Waals surface area (Å²) in [4.78, 5) is 37.2. The van der Waals surface area contributed by atoms with Crippen molar-refractivity contribution in [2.24, 2.45) is 10.8 Å².